The van der Waals surface area contributed by atoms with E-state index in [9.17, 15) is 22.8 Å². The second kappa shape index (κ2) is 8.78. The first-order chi connectivity index (χ1) is 17.2. The lowest BCUT2D eigenvalue weighted by molar-refractivity contribution is -0.173. The third-order valence-electron chi connectivity index (χ3n) is 6.03. The summed E-state index contributed by atoms with van der Waals surface area (Å²) < 4.78 is 60.1. The van der Waals surface area contributed by atoms with Gasteiger partial charge in [0.05, 0.1) is 19.3 Å². The molecule has 1 N–H and O–H groups in total. The maximum atomic E-state index is 12.8. The molecule has 5 rings (SSSR count). The Bertz CT molecular complexity index is 1360. The lowest BCUT2D eigenvalue weighted by Crippen LogP contribution is -2.37. The van der Waals surface area contributed by atoms with Gasteiger partial charge in [0.25, 0.3) is 0 Å². The van der Waals surface area contributed by atoms with Crippen molar-refractivity contribution in [2.45, 2.75) is 18.2 Å². The zero-order valence-electron chi connectivity index (χ0n) is 19.0. The van der Waals surface area contributed by atoms with Gasteiger partial charge in [-0.2, -0.15) is 13.2 Å². The predicted octanol–water partition coefficient (Wildman–Crippen LogP) is 4.71. The van der Waals surface area contributed by atoms with Gasteiger partial charge in [-0.15, -0.1) is 0 Å². The van der Waals surface area contributed by atoms with Crippen LogP contribution in [0.1, 0.15) is 33.5 Å². The van der Waals surface area contributed by atoms with Crippen LogP contribution in [0.25, 0.3) is 0 Å². The van der Waals surface area contributed by atoms with E-state index in [0.717, 1.165) is 0 Å². The molecule has 3 aromatic rings. The fourth-order valence-corrected chi connectivity index (χ4v) is 4.42. The van der Waals surface area contributed by atoms with E-state index in [1.807, 2.05) is 12.1 Å². The van der Waals surface area contributed by atoms with Gasteiger partial charge in [-0.3, -0.25) is 4.79 Å². The number of carbonyl (C=O) groups is 2. The third kappa shape index (κ3) is 3.88. The molecule has 0 aliphatic carbocycles. The summed E-state index contributed by atoms with van der Waals surface area (Å²) in [6.45, 7) is -0.132. The molecule has 3 aromatic carbocycles. The monoisotopic (exact) mass is 499 g/mol. The lowest BCUT2D eigenvalue weighted by atomic mass is 9.77. The molecular weight excluding hydrogens is 479 g/mol. The standard InChI is InChI=1S/C26H20F3NO6/c1-33-15-7-9-19-21(13-15)35-22-14-16(34-12-4-11-30-24(32)26(27,28)29)8-10-20(22)25(19)18-6-3-2-5-17(18)23(31)36-25/h2-3,5-10,13-14H,4,11-12H2,1H3,(H,30,32). The molecular formula is C26H20F3NO6. The minimum Gasteiger partial charge on any atom is -0.497 e. The third-order valence-corrected chi connectivity index (χ3v) is 6.03. The first-order valence-corrected chi connectivity index (χ1v) is 11.1. The van der Waals surface area contributed by atoms with Crippen molar-refractivity contribution in [3.63, 3.8) is 0 Å². The maximum Gasteiger partial charge on any atom is 0.471 e. The molecule has 2 aliphatic rings. The molecule has 0 saturated heterocycles. The van der Waals surface area contributed by atoms with Crippen molar-refractivity contribution in [3.05, 3.63) is 82.9 Å². The average molecular weight is 499 g/mol. The van der Waals surface area contributed by atoms with Crippen LogP contribution in [-0.2, 0) is 15.1 Å². The van der Waals surface area contributed by atoms with Gasteiger partial charge in [0.1, 0.15) is 23.0 Å². The zero-order chi connectivity index (χ0) is 25.5. The molecule has 10 heteroatoms. The molecule has 0 radical (unpaired) electrons. The first kappa shape index (κ1) is 23.5. The van der Waals surface area contributed by atoms with Crippen molar-refractivity contribution in [2.24, 2.45) is 0 Å². The number of fused-ring (bicyclic) bond motifs is 6. The first-order valence-electron chi connectivity index (χ1n) is 11.1. The molecule has 1 atom stereocenters. The fourth-order valence-electron chi connectivity index (χ4n) is 4.42. The number of amides is 1. The molecule has 0 bridgehead atoms. The molecule has 186 valence electrons. The van der Waals surface area contributed by atoms with Crippen LogP contribution >= 0.6 is 0 Å². The number of esters is 1. The van der Waals surface area contributed by atoms with Gasteiger partial charge in [-0.1, -0.05) is 18.2 Å². The van der Waals surface area contributed by atoms with Crippen molar-refractivity contribution in [3.8, 4) is 23.0 Å². The van der Waals surface area contributed by atoms with E-state index in [1.165, 1.54) is 7.11 Å². The summed E-state index contributed by atoms with van der Waals surface area (Å²) in [4.78, 5) is 23.7. The number of carbonyl (C=O) groups excluding carboxylic acids is 2. The maximum absolute atomic E-state index is 12.8. The number of hydrogen-bond donors (Lipinski definition) is 1. The number of nitrogens with one attached hydrogen (secondary N) is 1. The van der Waals surface area contributed by atoms with Crippen LogP contribution in [0.4, 0.5) is 13.2 Å². The molecule has 0 saturated carbocycles. The zero-order valence-corrected chi connectivity index (χ0v) is 19.0. The molecule has 2 heterocycles. The molecule has 1 unspecified atom stereocenters. The summed E-state index contributed by atoms with van der Waals surface area (Å²) in [5.74, 6) is -0.660. The van der Waals surface area contributed by atoms with Gasteiger partial charge in [-0.25, -0.2) is 4.79 Å². The molecule has 1 spiro atoms. The van der Waals surface area contributed by atoms with E-state index >= 15 is 0 Å². The van der Waals surface area contributed by atoms with Crippen molar-refractivity contribution >= 4 is 11.9 Å². The van der Waals surface area contributed by atoms with Crippen LogP contribution in [0.2, 0.25) is 0 Å². The normalized spacial score (nSPS) is 17.4. The average Bonchev–Trinajstić information content (AvgIpc) is 3.15. The van der Waals surface area contributed by atoms with E-state index in [2.05, 4.69) is 0 Å². The van der Waals surface area contributed by atoms with E-state index < -0.39 is 23.7 Å². The molecule has 2 aliphatic heterocycles. The summed E-state index contributed by atoms with van der Waals surface area (Å²) in [5, 5.41) is 1.80. The van der Waals surface area contributed by atoms with E-state index in [-0.39, 0.29) is 19.6 Å². The summed E-state index contributed by atoms with van der Waals surface area (Å²) in [5.41, 5.74) is 1.14. The van der Waals surface area contributed by atoms with Gasteiger partial charge >= 0.3 is 18.1 Å². The van der Waals surface area contributed by atoms with E-state index in [1.54, 1.807) is 53.8 Å². The predicted molar refractivity (Wildman–Crippen MR) is 120 cm³/mol. The lowest BCUT2D eigenvalue weighted by Gasteiger charge is -2.36. The quantitative estimate of drug-likeness (QED) is 0.391. The Kier molecular flexibility index (Phi) is 5.74. The minimum absolute atomic E-state index is 0.0598. The molecule has 0 fully saturated rings. The largest absolute Gasteiger partial charge is 0.497 e. The smallest absolute Gasteiger partial charge is 0.471 e. The number of rotatable bonds is 6. The Hall–Kier alpha value is -4.21. The highest BCUT2D eigenvalue weighted by Gasteiger charge is 2.53. The SMILES string of the molecule is COc1ccc2c(c1)Oc1cc(OCCCNC(=O)C(F)(F)F)ccc1C21OC(=O)c2ccccc21. The van der Waals surface area contributed by atoms with Crippen LogP contribution in [0.5, 0.6) is 23.0 Å². The fraction of sp³-hybridized carbons (Fsp3) is 0.231. The van der Waals surface area contributed by atoms with Crippen molar-refractivity contribution in [2.75, 3.05) is 20.3 Å². The van der Waals surface area contributed by atoms with E-state index in [0.29, 0.717) is 45.3 Å². The van der Waals surface area contributed by atoms with Crippen LogP contribution in [0.3, 0.4) is 0 Å². The summed E-state index contributed by atoms with van der Waals surface area (Å²) in [7, 11) is 1.53. The second-order valence-corrected chi connectivity index (χ2v) is 8.19. The van der Waals surface area contributed by atoms with Gasteiger partial charge in [0.15, 0.2) is 5.60 Å². The second-order valence-electron chi connectivity index (χ2n) is 8.19. The van der Waals surface area contributed by atoms with Gasteiger partial charge in [-0.05, 0) is 36.8 Å². The summed E-state index contributed by atoms with van der Waals surface area (Å²) in [6, 6.07) is 17.4. The van der Waals surface area contributed by atoms with Crippen LogP contribution < -0.4 is 19.5 Å². The molecule has 1 amide bonds. The number of methoxy groups -OCH3 is 1. The van der Waals surface area contributed by atoms with Crippen molar-refractivity contribution in [1.29, 1.82) is 0 Å². The van der Waals surface area contributed by atoms with Crippen molar-refractivity contribution in [1.82, 2.24) is 5.32 Å². The Labute approximate surface area is 203 Å². The summed E-state index contributed by atoms with van der Waals surface area (Å²) >= 11 is 0. The Morgan fingerprint density at radius 2 is 1.64 bits per heavy atom. The Balaban J connectivity index is 1.44. The van der Waals surface area contributed by atoms with E-state index in [4.69, 9.17) is 18.9 Å². The number of benzene rings is 3. The van der Waals surface area contributed by atoms with Crippen molar-refractivity contribution < 1.29 is 41.7 Å². The number of alkyl halides is 3. The van der Waals surface area contributed by atoms with Gasteiger partial charge in [0.2, 0.25) is 0 Å². The Morgan fingerprint density at radius 3 is 2.33 bits per heavy atom. The minimum atomic E-state index is -4.92. The molecule has 7 nitrogen and oxygen atoms in total. The number of hydrogen-bond acceptors (Lipinski definition) is 6. The van der Waals surface area contributed by atoms with Gasteiger partial charge < -0.3 is 24.3 Å². The number of ether oxygens (including phenoxy) is 4. The topological polar surface area (TPSA) is 83.1 Å². The van der Waals surface area contributed by atoms with Crippen LogP contribution in [-0.4, -0.2) is 38.3 Å². The number of halogens is 3. The molecule has 0 aromatic heterocycles. The Morgan fingerprint density at radius 1 is 0.972 bits per heavy atom. The summed E-state index contributed by atoms with van der Waals surface area (Å²) in [6.07, 6.45) is -4.76. The highest BCUT2D eigenvalue weighted by molar-refractivity contribution is 5.97. The highest BCUT2D eigenvalue weighted by Crippen LogP contribution is 2.56. The van der Waals surface area contributed by atoms with Crippen LogP contribution in [0, 0.1) is 0 Å². The highest BCUT2D eigenvalue weighted by atomic mass is 19.4. The van der Waals surface area contributed by atoms with Gasteiger partial charge in [0, 0.05) is 35.4 Å². The van der Waals surface area contributed by atoms with Crippen LogP contribution in [0.15, 0.2) is 60.7 Å². The molecule has 36 heavy (non-hydrogen) atoms.